The van der Waals surface area contributed by atoms with Crippen LogP contribution in [0.25, 0.3) is 0 Å². The Hall–Kier alpha value is -1.95. The summed E-state index contributed by atoms with van der Waals surface area (Å²) >= 11 is 1.51. The highest BCUT2D eigenvalue weighted by molar-refractivity contribution is 7.08. The third kappa shape index (κ3) is 3.53. The lowest BCUT2D eigenvalue weighted by atomic mass is 10.3. The van der Waals surface area contributed by atoms with E-state index in [1.54, 1.807) is 24.5 Å². The monoisotopic (exact) mass is 248 g/mol. The molecule has 0 fully saturated rings. The van der Waals surface area contributed by atoms with Crippen LogP contribution in [0.2, 0.25) is 0 Å². The van der Waals surface area contributed by atoms with Crippen LogP contribution in [0.1, 0.15) is 10.4 Å². The first kappa shape index (κ1) is 11.5. The van der Waals surface area contributed by atoms with Crippen molar-refractivity contribution in [2.24, 2.45) is 0 Å². The first-order chi connectivity index (χ1) is 8.36. The molecule has 2 aromatic rings. The number of carbonyl (C=O) groups is 1. The molecule has 0 saturated carbocycles. The van der Waals surface area contributed by atoms with Crippen LogP contribution in [-0.4, -0.2) is 29.0 Å². The second-order valence-electron chi connectivity index (χ2n) is 3.27. The van der Waals surface area contributed by atoms with Gasteiger partial charge in [0.25, 0.3) is 5.91 Å². The summed E-state index contributed by atoms with van der Waals surface area (Å²) in [6, 6.07) is 3.55. The summed E-state index contributed by atoms with van der Waals surface area (Å²) in [4.78, 5) is 19.6. The maximum atomic E-state index is 11.6. The lowest BCUT2D eigenvalue weighted by molar-refractivity contribution is 0.0955. The van der Waals surface area contributed by atoms with E-state index in [1.807, 2.05) is 10.8 Å². The van der Waals surface area contributed by atoms with E-state index in [0.29, 0.717) is 24.6 Å². The average Bonchev–Trinajstić information content (AvgIpc) is 2.89. The number of hydrogen-bond donors (Lipinski definition) is 2. The topological polar surface area (TPSA) is 66.9 Å². The van der Waals surface area contributed by atoms with Crippen LogP contribution in [0.3, 0.4) is 0 Å². The maximum absolute atomic E-state index is 11.6. The standard InChI is InChI=1S/C11H12N4OS/c16-10(9-2-7-17-8-9)12-5-6-15-11-13-3-1-4-14-11/h1-4,7-8H,5-6H2,(H,12,16)(H,13,14,15). The molecule has 2 aromatic heterocycles. The lowest BCUT2D eigenvalue weighted by Crippen LogP contribution is -2.28. The zero-order valence-electron chi connectivity index (χ0n) is 9.09. The normalized spacial score (nSPS) is 9.88. The Morgan fingerprint density at radius 3 is 2.82 bits per heavy atom. The van der Waals surface area contributed by atoms with E-state index >= 15 is 0 Å². The quantitative estimate of drug-likeness (QED) is 0.784. The third-order valence-corrected chi connectivity index (χ3v) is 2.73. The Morgan fingerprint density at radius 1 is 1.29 bits per heavy atom. The number of anilines is 1. The van der Waals surface area contributed by atoms with Crippen molar-refractivity contribution in [3.63, 3.8) is 0 Å². The van der Waals surface area contributed by atoms with Gasteiger partial charge >= 0.3 is 0 Å². The molecule has 2 rings (SSSR count). The molecule has 0 aliphatic heterocycles. The zero-order chi connectivity index (χ0) is 11.9. The van der Waals surface area contributed by atoms with Gasteiger partial charge in [-0.2, -0.15) is 11.3 Å². The molecule has 1 amide bonds. The number of nitrogens with one attached hydrogen (secondary N) is 2. The molecule has 0 atom stereocenters. The van der Waals surface area contributed by atoms with Gasteiger partial charge in [-0.1, -0.05) is 0 Å². The fourth-order valence-electron chi connectivity index (χ4n) is 1.24. The van der Waals surface area contributed by atoms with E-state index in [1.165, 1.54) is 11.3 Å². The number of carbonyl (C=O) groups excluding carboxylic acids is 1. The molecule has 5 nitrogen and oxygen atoms in total. The van der Waals surface area contributed by atoms with E-state index in [9.17, 15) is 4.79 Å². The number of hydrogen-bond acceptors (Lipinski definition) is 5. The minimum Gasteiger partial charge on any atom is -0.352 e. The number of thiophene rings is 1. The van der Waals surface area contributed by atoms with Crippen molar-refractivity contribution < 1.29 is 4.79 Å². The Kier molecular flexibility index (Phi) is 4.04. The third-order valence-electron chi connectivity index (χ3n) is 2.04. The molecule has 0 aliphatic rings. The van der Waals surface area contributed by atoms with Crippen LogP contribution in [0, 0.1) is 0 Å². The highest BCUT2D eigenvalue weighted by Gasteiger charge is 2.03. The van der Waals surface area contributed by atoms with E-state index in [-0.39, 0.29) is 5.91 Å². The zero-order valence-corrected chi connectivity index (χ0v) is 9.91. The summed E-state index contributed by atoms with van der Waals surface area (Å²) in [5, 5.41) is 9.52. The Balaban J connectivity index is 1.69. The van der Waals surface area contributed by atoms with Gasteiger partial charge in [-0.15, -0.1) is 0 Å². The predicted molar refractivity (Wildman–Crippen MR) is 67.2 cm³/mol. The molecule has 2 N–H and O–H groups in total. The molecular formula is C11H12N4OS. The van der Waals surface area contributed by atoms with Crippen molar-refractivity contribution in [2.45, 2.75) is 0 Å². The molecule has 0 bridgehead atoms. The van der Waals surface area contributed by atoms with Crippen LogP contribution in [0.5, 0.6) is 0 Å². The van der Waals surface area contributed by atoms with Gasteiger partial charge < -0.3 is 10.6 Å². The molecule has 0 aromatic carbocycles. The maximum Gasteiger partial charge on any atom is 0.252 e. The summed E-state index contributed by atoms with van der Waals surface area (Å²) in [6.07, 6.45) is 3.33. The molecule has 2 heterocycles. The first-order valence-corrected chi connectivity index (χ1v) is 6.12. The van der Waals surface area contributed by atoms with E-state index in [0.717, 1.165) is 0 Å². The Morgan fingerprint density at radius 2 is 2.12 bits per heavy atom. The van der Waals surface area contributed by atoms with E-state index in [2.05, 4.69) is 20.6 Å². The van der Waals surface area contributed by atoms with Gasteiger partial charge in [0.1, 0.15) is 0 Å². The van der Waals surface area contributed by atoms with Gasteiger partial charge in [0, 0.05) is 36.4 Å². The lowest BCUT2D eigenvalue weighted by Gasteiger charge is -2.05. The van der Waals surface area contributed by atoms with Gasteiger partial charge in [0.15, 0.2) is 0 Å². The van der Waals surface area contributed by atoms with Crippen molar-refractivity contribution in [1.29, 1.82) is 0 Å². The number of aromatic nitrogens is 2. The van der Waals surface area contributed by atoms with Crippen LogP contribution in [0.4, 0.5) is 5.95 Å². The molecule has 0 saturated heterocycles. The summed E-state index contributed by atoms with van der Waals surface area (Å²) in [5.74, 6) is 0.513. The van der Waals surface area contributed by atoms with Crippen molar-refractivity contribution in [3.8, 4) is 0 Å². The summed E-state index contributed by atoms with van der Waals surface area (Å²) in [5.41, 5.74) is 0.700. The van der Waals surface area contributed by atoms with Gasteiger partial charge in [-0.05, 0) is 17.5 Å². The van der Waals surface area contributed by atoms with Gasteiger partial charge in [-0.25, -0.2) is 9.97 Å². The molecule has 6 heteroatoms. The Labute approximate surface area is 103 Å². The first-order valence-electron chi connectivity index (χ1n) is 5.17. The smallest absolute Gasteiger partial charge is 0.252 e. The molecule has 0 radical (unpaired) electrons. The number of rotatable bonds is 5. The van der Waals surface area contributed by atoms with Gasteiger partial charge in [-0.3, -0.25) is 4.79 Å². The molecule has 88 valence electrons. The van der Waals surface area contributed by atoms with Crippen molar-refractivity contribution in [1.82, 2.24) is 15.3 Å². The molecule has 0 unspecified atom stereocenters. The van der Waals surface area contributed by atoms with Crippen molar-refractivity contribution in [3.05, 3.63) is 40.8 Å². The number of amides is 1. The molecule has 0 aliphatic carbocycles. The minimum atomic E-state index is -0.0537. The van der Waals surface area contributed by atoms with Crippen molar-refractivity contribution in [2.75, 3.05) is 18.4 Å². The minimum absolute atomic E-state index is 0.0537. The van der Waals surface area contributed by atoms with E-state index in [4.69, 9.17) is 0 Å². The van der Waals surface area contributed by atoms with E-state index < -0.39 is 0 Å². The van der Waals surface area contributed by atoms with Gasteiger partial charge in [0.05, 0.1) is 0 Å². The highest BCUT2D eigenvalue weighted by atomic mass is 32.1. The Bertz CT molecular complexity index is 458. The van der Waals surface area contributed by atoms with Gasteiger partial charge in [0.2, 0.25) is 5.95 Å². The summed E-state index contributed by atoms with van der Waals surface area (Å²) in [7, 11) is 0. The predicted octanol–water partition coefficient (Wildman–Crippen LogP) is 1.38. The molecule has 17 heavy (non-hydrogen) atoms. The molecular weight excluding hydrogens is 236 g/mol. The van der Waals surface area contributed by atoms with Crippen molar-refractivity contribution >= 4 is 23.2 Å². The SMILES string of the molecule is O=C(NCCNc1ncccn1)c1ccsc1. The fraction of sp³-hybridized carbons (Fsp3) is 0.182. The van der Waals surface area contributed by atoms with Crippen LogP contribution < -0.4 is 10.6 Å². The van der Waals surface area contributed by atoms with Crippen LogP contribution >= 0.6 is 11.3 Å². The second-order valence-corrected chi connectivity index (χ2v) is 4.05. The van der Waals surface area contributed by atoms with Crippen LogP contribution in [-0.2, 0) is 0 Å². The highest BCUT2D eigenvalue weighted by Crippen LogP contribution is 2.04. The van der Waals surface area contributed by atoms with Crippen LogP contribution in [0.15, 0.2) is 35.3 Å². The summed E-state index contributed by atoms with van der Waals surface area (Å²) < 4.78 is 0. The second kappa shape index (κ2) is 5.95. The largest absolute Gasteiger partial charge is 0.352 e. The summed E-state index contributed by atoms with van der Waals surface area (Å²) in [6.45, 7) is 1.13. The molecule has 0 spiro atoms. The average molecular weight is 248 g/mol. The number of nitrogens with zero attached hydrogens (tertiary/aromatic N) is 2. The fourth-order valence-corrected chi connectivity index (χ4v) is 1.87.